The van der Waals surface area contributed by atoms with Gasteiger partial charge in [-0.15, -0.1) is 0 Å². The summed E-state index contributed by atoms with van der Waals surface area (Å²) in [5.74, 6) is -0.391. The number of amides is 1. The molecule has 2 N–H and O–H groups in total. The first kappa shape index (κ1) is 22.1. The molecule has 2 aromatic rings. The second-order valence-corrected chi connectivity index (χ2v) is 8.25. The number of aryl methyl sites for hydroxylation is 1. The molecule has 30 heavy (non-hydrogen) atoms. The minimum atomic E-state index is -0.505. The van der Waals surface area contributed by atoms with Crippen molar-refractivity contribution in [3.8, 4) is 0 Å². The van der Waals surface area contributed by atoms with Crippen molar-refractivity contribution in [2.75, 3.05) is 31.5 Å². The SMILES string of the molecule is COCC(=O)Nc1c(C(=O)OC)n(CCC(C)C)c2ncc(NC3CCCC3)cc12. The van der Waals surface area contributed by atoms with Crippen LogP contribution in [0.2, 0.25) is 0 Å². The monoisotopic (exact) mass is 416 g/mol. The molecule has 1 fully saturated rings. The van der Waals surface area contributed by atoms with E-state index in [4.69, 9.17) is 9.47 Å². The summed E-state index contributed by atoms with van der Waals surface area (Å²) < 4.78 is 11.8. The van der Waals surface area contributed by atoms with Gasteiger partial charge in [-0.2, -0.15) is 0 Å². The van der Waals surface area contributed by atoms with Crippen LogP contribution in [0.25, 0.3) is 11.0 Å². The summed E-state index contributed by atoms with van der Waals surface area (Å²) in [6.07, 6.45) is 7.39. The molecule has 0 unspecified atom stereocenters. The summed E-state index contributed by atoms with van der Waals surface area (Å²) in [4.78, 5) is 29.7. The van der Waals surface area contributed by atoms with Gasteiger partial charge in [0.25, 0.3) is 0 Å². The number of carbonyl (C=O) groups is 2. The highest BCUT2D eigenvalue weighted by Gasteiger charge is 2.26. The van der Waals surface area contributed by atoms with Crippen LogP contribution in [-0.4, -0.2) is 48.3 Å². The number of anilines is 2. The fourth-order valence-electron chi connectivity index (χ4n) is 3.96. The van der Waals surface area contributed by atoms with Gasteiger partial charge in [-0.1, -0.05) is 26.7 Å². The summed E-state index contributed by atoms with van der Waals surface area (Å²) in [5.41, 5.74) is 2.27. The molecule has 2 aromatic heterocycles. The molecule has 1 amide bonds. The van der Waals surface area contributed by atoms with Crippen LogP contribution >= 0.6 is 0 Å². The molecule has 0 aliphatic heterocycles. The molecule has 0 spiro atoms. The molecule has 8 nitrogen and oxygen atoms in total. The smallest absolute Gasteiger partial charge is 0.356 e. The summed E-state index contributed by atoms with van der Waals surface area (Å²) in [7, 11) is 2.80. The van der Waals surface area contributed by atoms with E-state index in [1.165, 1.54) is 27.1 Å². The molecular formula is C22H32N4O4. The number of hydrogen-bond acceptors (Lipinski definition) is 6. The highest BCUT2D eigenvalue weighted by atomic mass is 16.5. The second-order valence-electron chi connectivity index (χ2n) is 8.25. The predicted molar refractivity (Wildman–Crippen MR) is 117 cm³/mol. The van der Waals surface area contributed by atoms with Crippen LogP contribution in [0.5, 0.6) is 0 Å². The van der Waals surface area contributed by atoms with Gasteiger partial charge in [0.15, 0.2) is 5.69 Å². The Kier molecular flexibility index (Phi) is 7.31. The first-order valence-electron chi connectivity index (χ1n) is 10.6. The number of nitrogens with one attached hydrogen (secondary N) is 2. The molecule has 2 heterocycles. The van der Waals surface area contributed by atoms with Crippen LogP contribution in [0, 0.1) is 5.92 Å². The Labute approximate surface area is 177 Å². The molecule has 1 aliphatic rings. The van der Waals surface area contributed by atoms with Crippen LogP contribution in [0.1, 0.15) is 56.4 Å². The van der Waals surface area contributed by atoms with Crippen molar-refractivity contribution in [1.82, 2.24) is 9.55 Å². The largest absolute Gasteiger partial charge is 0.464 e. The van der Waals surface area contributed by atoms with Crippen molar-refractivity contribution in [3.63, 3.8) is 0 Å². The number of rotatable bonds is 9. The first-order chi connectivity index (χ1) is 14.4. The number of hydrogen-bond donors (Lipinski definition) is 2. The van der Waals surface area contributed by atoms with E-state index in [1.807, 2.05) is 10.6 Å². The molecule has 0 bridgehead atoms. The molecule has 0 saturated heterocycles. The Hall–Kier alpha value is -2.61. The highest BCUT2D eigenvalue weighted by Crippen LogP contribution is 2.34. The Morgan fingerprint density at radius 2 is 2.00 bits per heavy atom. The second kappa shape index (κ2) is 9.93. The normalized spacial score (nSPS) is 14.4. The number of ether oxygens (including phenoxy) is 2. The molecular weight excluding hydrogens is 384 g/mol. The topological polar surface area (TPSA) is 94.5 Å². The quantitative estimate of drug-likeness (QED) is 0.604. The van der Waals surface area contributed by atoms with Gasteiger partial charge >= 0.3 is 5.97 Å². The van der Waals surface area contributed by atoms with Gasteiger partial charge in [0.05, 0.1) is 24.7 Å². The lowest BCUT2D eigenvalue weighted by atomic mass is 10.1. The highest BCUT2D eigenvalue weighted by molar-refractivity contribution is 6.11. The van der Waals surface area contributed by atoms with Crippen molar-refractivity contribution in [2.45, 2.75) is 58.5 Å². The van der Waals surface area contributed by atoms with Gasteiger partial charge in [-0.05, 0) is 31.2 Å². The third kappa shape index (κ3) is 4.92. The molecule has 3 rings (SSSR count). The number of esters is 1. The summed E-state index contributed by atoms with van der Waals surface area (Å²) in [6, 6.07) is 2.39. The minimum Gasteiger partial charge on any atom is -0.464 e. The lowest BCUT2D eigenvalue weighted by Gasteiger charge is -2.13. The number of methoxy groups -OCH3 is 2. The lowest BCUT2D eigenvalue weighted by Crippen LogP contribution is -2.20. The third-order valence-corrected chi connectivity index (χ3v) is 5.47. The zero-order chi connectivity index (χ0) is 21.7. The van der Waals surface area contributed by atoms with Crippen molar-refractivity contribution in [2.24, 2.45) is 5.92 Å². The Morgan fingerprint density at radius 3 is 2.63 bits per heavy atom. The van der Waals surface area contributed by atoms with E-state index in [1.54, 1.807) is 6.20 Å². The van der Waals surface area contributed by atoms with Crippen molar-refractivity contribution >= 4 is 34.3 Å². The molecule has 8 heteroatoms. The average molecular weight is 417 g/mol. The number of carbonyl (C=O) groups excluding carboxylic acids is 2. The summed E-state index contributed by atoms with van der Waals surface area (Å²) >= 11 is 0. The maximum Gasteiger partial charge on any atom is 0.356 e. The molecule has 0 atom stereocenters. The number of aromatic nitrogens is 2. The van der Waals surface area contributed by atoms with Crippen molar-refractivity contribution in [1.29, 1.82) is 0 Å². The van der Waals surface area contributed by atoms with Gasteiger partial charge < -0.3 is 24.7 Å². The summed E-state index contributed by atoms with van der Waals surface area (Å²) in [6.45, 7) is 4.75. The van der Waals surface area contributed by atoms with E-state index >= 15 is 0 Å². The fraction of sp³-hybridized carbons (Fsp3) is 0.591. The lowest BCUT2D eigenvalue weighted by molar-refractivity contribution is -0.119. The number of fused-ring (bicyclic) bond motifs is 1. The van der Waals surface area contributed by atoms with E-state index < -0.39 is 5.97 Å². The van der Waals surface area contributed by atoms with Gasteiger partial charge in [0, 0.05) is 25.1 Å². The fourth-order valence-corrected chi connectivity index (χ4v) is 3.96. The maximum atomic E-state index is 12.7. The molecule has 0 aromatic carbocycles. The van der Waals surface area contributed by atoms with Crippen LogP contribution in [-0.2, 0) is 20.8 Å². The van der Waals surface area contributed by atoms with Crippen molar-refractivity contribution < 1.29 is 19.1 Å². The number of pyridine rings is 1. The molecule has 1 saturated carbocycles. The van der Waals surface area contributed by atoms with Crippen LogP contribution in [0.15, 0.2) is 12.3 Å². The van der Waals surface area contributed by atoms with Gasteiger partial charge in [0.2, 0.25) is 5.91 Å². The first-order valence-corrected chi connectivity index (χ1v) is 10.6. The minimum absolute atomic E-state index is 0.104. The van der Waals surface area contributed by atoms with E-state index in [0.717, 1.165) is 24.9 Å². The zero-order valence-corrected chi connectivity index (χ0v) is 18.3. The summed E-state index contributed by atoms with van der Waals surface area (Å²) in [5, 5.41) is 7.10. The maximum absolute atomic E-state index is 12.7. The van der Waals surface area contributed by atoms with Gasteiger partial charge in [-0.3, -0.25) is 4.79 Å². The van der Waals surface area contributed by atoms with Crippen molar-refractivity contribution in [3.05, 3.63) is 18.0 Å². The van der Waals surface area contributed by atoms with E-state index in [-0.39, 0.29) is 12.5 Å². The zero-order valence-electron chi connectivity index (χ0n) is 18.3. The van der Waals surface area contributed by atoms with E-state index in [0.29, 0.717) is 40.9 Å². The molecule has 0 radical (unpaired) electrons. The third-order valence-electron chi connectivity index (χ3n) is 5.47. The standard InChI is InChI=1S/C22H32N4O4/c1-14(2)9-10-26-20(22(28)30-4)19(25-18(27)13-29-3)17-11-16(12-23-21(17)26)24-15-7-5-6-8-15/h11-12,14-15,24H,5-10,13H2,1-4H3,(H,25,27). The van der Waals surface area contributed by atoms with Gasteiger partial charge in [-0.25, -0.2) is 9.78 Å². The average Bonchev–Trinajstić information content (AvgIpc) is 3.32. The van der Waals surface area contributed by atoms with E-state index in [9.17, 15) is 9.59 Å². The van der Waals surface area contributed by atoms with Gasteiger partial charge in [0.1, 0.15) is 12.3 Å². The molecule has 1 aliphatic carbocycles. The Balaban J connectivity index is 2.10. The Morgan fingerprint density at radius 1 is 1.27 bits per heavy atom. The Bertz CT molecular complexity index is 900. The van der Waals surface area contributed by atoms with E-state index in [2.05, 4.69) is 29.5 Å². The number of nitrogens with zero attached hydrogens (tertiary/aromatic N) is 2. The van der Waals surface area contributed by atoms with Crippen LogP contribution < -0.4 is 10.6 Å². The molecule has 164 valence electrons. The van der Waals surface area contributed by atoms with Crippen LogP contribution in [0.4, 0.5) is 11.4 Å². The predicted octanol–water partition coefficient (Wildman–Crippen LogP) is 3.81. The van der Waals surface area contributed by atoms with Crippen LogP contribution in [0.3, 0.4) is 0 Å².